The fourth-order valence-electron chi connectivity index (χ4n) is 5.66. The van der Waals surface area contributed by atoms with Gasteiger partial charge >= 0.3 is 0 Å². The number of fused-ring (bicyclic) bond motifs is 3. The van der Waals surface area contributed by atoms with Crippen LogP contribution in [0.3, 0.4) is 0 Å². The van der Waals surface area contributed by atoms with Gasteiger partial charge in [0.25, 0.3) is 5.91 Å². The molecule has 0 radical (unpaired) electrons. The van der Waals surface area contributed by atoms with Gasteiger partial charge in [-0.1, -0.05) is 12.1 Å². The van der Waals surface area contributed by atoms with Crippen molar-refractivity contribution in [2.24, 2.45) is 11.8 Å². The molecule has 3 heterocycles. The Morgan fingerprint density at radius 1 is 1.08 bits per heavy atom. The van der Waals surface area contributed by atoms with Gasteiger partial charge in [0.2, 0.25) is 12.7 Å². The summed E-state index contributed by atoms with van der Waals surface area (Å²) in [5, 5.41) is 3.09. The number of nitrogens with zero attached hydrogens (tertiary/aromatic N) is 2. The van der Waals surface area contributed by atoms with Gasteiger partial charge < -0.3 is 29.3 Å². The predicted molar refractivity (Wildman–Crippen MR) is 135 cm³/mol. The van der Waals surface area contributed by atoms with Gasteiger partial charge in [-0.25, -0.2) is 0 Å². The van der Waals surface area contributed by atoms with Gasteiger partial charge in [0.15, 0.2) is 11.5 Å². The fourth-order valence-corrected chi connectivity index (χ4v) is 5.66. The van der Waals surface area contributed by atoms with Crippen molar-refractivity contribution in [3.8, 4) is 17.2 Å². The van der Waals surface area contributed by atoms with Crippen molar-refractivity contribution in [1.29, 1.82) is 0 Å². The number of nitrogens with one attached hydrogen (secondary N) is 1. The molecule has 36 heavy (non-hydrogen) atoms. The number of para-hydroxylation sites is 1. The third-order valence-electron chi connectivity index (χ3n) is 7.61. The lowest BCUT2D eigenvalue weighted by Crippen LogP contribution is -2.32. The summed E-state index contributed by atoms with van der Waals surface area (Å²) in [7, 11) is 3.69. The summed E-state index contributed by atoms with van der Waals surface area (Å²) in [6, 6.07) is 11.6. The molecule has 0 unspecified atom stereocenters. The monoisotopic (exact) mass is 493 g/mol. The Morgan fingerprint density at radius 3 is 2.64 bits per heavy atom. The van der Waals surface area contributed by atoms with Gasteiger partial charge in [-0.3, -0.25) is 9.59 Å². The summed E-state index contributed by atoms with van der Waals surface area (Å²) in [4.78, 5) is 30.4. The van der Waals surface area contributed by atoms with E-state index in [1.807, 2.05) is 23.1 Å². The summed E-state index contributed by atoms with van der Waals surface area (Å²) in [5.74, 6) is 2.56. The van der Waals surface area contributed by atoms with Crippen LogP contribution < -0.4 is 19.5 Å². The lowest BCUT2D eigenvalue weighted by Gasteiger charge is -2.22. The molecule has 192 valence electrons. The van der Waals surface area contributed by atoms with E-state index in [4.69, 9.17) is 14.2 Å². The van der Waals surface area contributed by atoms with Crippen LogP contribution in [-0.4, -0.2) is 68.7 Å². The van der Waals surface area contributed by atoms with Crippen LogP contribution in [0.15, 0.2) is 36.4 Å². The van der Waals surface area contributed by atoms with E-state index >= 15 is 0 Å². The van der Waals surface area contributed by atoms with Crippen molar-refractivity contribution in [2.75, 3.05) is 47.1 Å². The lowest BCUT2D eigenvalue weighted by atomic mass is 9.86. The van der Waals surface area contributed by atoms with Crippen LogP contribution in [-0.2, 0) is 17.8 Å². The maximum absolute atomic E-state index is 13.4. The minimum atomic E-state index is -0.0383. The molecule has 0 aromatic heterocycles. The normalized spacial score (nSPS) is 22.8. The van der Waals surface area contributed by atoms with Crippen molar-refractivity contribution in [2.45, 2.75) is 32.2 Å². The number of methoxy groups -OCH3 is 1. The van der Waals surface area contributed by atoms with Gasteiger partial charge in [0.1, 0.15) is 5.75 Å². The highest BCUT2D eigenvalue weighted by molar-refractivity contribution is 5.97. The third-order valence-corrected chi connectivity index (χ3v) is 7.61. The zero-order valence-corrected chi connectivity index (χ0v) is 21.1. The second kappa shape index (κ2) is 10.8. The topological polar surface area (TPSA) is 80.3 Å². The minimum Gasteiger partial charge on any atom is -0.496 e. The van der Waals surface area contributed by atoms with Crippen molar-refractivity contribution in [3.63, 3.8) is 0 Å². The van der Waals surface area contributed by atoms with Crippen LogP contribution in [0.1, 0.15) is 40.7 Å². The molecule has 0 aliphatic carbocycles. The first-order valence-electron chi connectivity index (χ1n) is 12.8. The molecule has 2 atom stereocenters. The molecule has 2 aromatic rings. The molecule has 3 aliphatic rings. The molecule has 0 saturated carbocycles. The molecule has 2 amide bonds. The molecule has 0 bridgehead atoms. The highest BCUT2D eigenvalue weighted by Gasteiger charge is 2.37. The van der Waals surface area contributed by atoms with E-state index in [2.05, 4.69) is 29.4 Å². The Morgan fingerprint density at radius 2 is 1.83 bits per heavy atom. The number of carbonyl (C=O) groups excluding carboxylic acids is 2. The van der Waals surface area contributed by atoms with E-state index < -0.39 is 0 Å². The number of ether oxygens (including phenoxy) is 3. The molecule has 5 rings (SSSR count). The highest BCUT2D eigenvalue weighted by Crippen LogP contribution is 2.38. The third kappa shape index (κ3) is 5.28. The SMILES string of the molecule is COc1ccccc1C(=O)N1C[C@H]2CCc3cc4c(cc3CN(C)CCCNC(=O)C[C@H]2C1)OCO4. The maximum atomic E-state index is 13.4. The van der Waals surface area contributed by atoms with E-state index in [1.54, 1.807) is 13.2 Å². The molecule has 2 aromatic carbocycles. The second-order valence-electron chi connectivity index (χ2n) is 10.1. The predicted octanol–water partition coefficient (Wildman–Crippen LogP) is 3.09. The van der Waals surface area contributed by atoms with Crippen molar-refractivity contribution in [3.05, 3.63) is 53.1 Å². The largest absolute Gasteiger partial charge is 0.496 e. The van der Waals surface area contributed by atoms with E-state index in [-0.39, 0.29) is 30.4 Å². The summed E-state index contributed by atoms with van der Waals surface area (Å²) in [5.41, 5.74) is 3.07. The number of hydrogen-bond donors (Lipinski definition) is 1. The maximum Gasteiger partial charge on any atom is 0.257 e. The average molecular weight is 494 g/mol. The number of aryl methyl sites for hydroxylation is 1. The van der Waals surface area contributed by atoms with E-state index in [0.717, 1.165) is 43.9 Å². The molecule has 3 aliphatic heterocycles. The fraction of sp³-hybridized carbons (Fsp3) is 0.500. The summed E-state index contributed by atoms with van der Waals surface area (Å²) < 4.78 is 16.7. The molecule has 8 heteroatoms. The first-order valence-corrected chi connectivity index (χ1v) is 12.8. The smallest absolute Gasteiger partial charge is 0.257 e. The number of likely N-dealkylation sites (tertiary alicyclic amines) is 1. The Hall–Kier alpha value is -3.26. The van der Waals surface area contributed by atoms with E-state index in [1.165, 1.54) is 11.1 Å². The number of benzene rings is 2. The van der Waals surface area contributed by atoms with Crippen LogP contribution in [0, 0.1) is 11.8 Å². The summed E-state index contributed by atoms with van der Waals surface area (Å²) in [6.07, 6.45) is 3.07. The van der Waals surface area contributed by atoms with Crippen LogP contribution in [0.5, 0.6) is 17.2 Å². The number of rotatable bonds is 2. The van der Waals surface area contributed by atoms with Gasteiger partial charge in [-0.05, 0) is 80.1 Å². The number of hydrogen-bond acceptors (Lipinski definition) is 6. The van der Waals surface area contributed by atoms with Gasteiger partial charge in [0.05, 0.1) is 12.7 Å². The summed E-state index contributed by atoms with van der Waals surface area (Å²) >= 11 is 0. The van der Waals surface area contributed by atoms with E-state index in [9.17, 15) is 9.59 Å². The minimum absolute atomic E-state index is 0.0383. The van der Waals surface area contributed by atoms with Gasteiger partial charge in [-0.2, -0.15) is 0 Å². The second-order valence-corrected chi connectivity index (χ2v) is 10.1. The van der Waals surface area contributed by atoms with Crippen molar-refractivity contribution >= 4 is 11.8 Å². The van der Waals surface area contributed by atoms with Gasteiger partial charge in [0, 0.05) is 32.6 Å². The Balaban J connectivity index is 1.39. The zero-order valence-electron chi connectivity index (χ0n) is 21.1. The first kappa shape index (κ1) is 24.4. The number of amides is 2. The van der Waals surface area contributed by atoms with Crippen molar-refractivity contribution in [1.82, 2.24) is 15.1 Å². The standard InChI is InChI=1S/C28H35N3O5/c1-30-11-5-10-29-27(32)14-22-17-31(28(33)23-6-3-4-7-24(23)34-2)16-20(22)9-8-19-12-25-26(36-18-35-25)13-21(19)15-30/h3-4,6-7,12-13,20,22H,5,8-11,14-18H2,1-2H3,(H,29,32)/t20-,22+/m1/s1. The summed E-state index contributed by atoms with van der Waals surface area (Å²) in [6.45, 7) is 3.82. The average Bonchev–Trinajstić information content (AvgIpc) is 3.50. The molecular weight excluding hydrogens is 458 g/mol. The van der Waals surface area contributed by atoms with Gasteiger partial charge in [-0.15, -0.1) is 0 Å². The van der Waals surface area contributed by atoms with Crippen molar-refractivity contribution < 1.29 is 23.8 Å². The Bertz CT molecular complexity index is 1120. The quantitative estimate of drug-likeness (QED) is 0.693. The molecule has 0 spiro atoms. The van der Waals surface area contributed by atoms with Crippen LogP contribution in [0.25, 0.3) is 0 Å². The Kier molecular flexibility index (Phi) is 7.32. The molecular formula is C28H35N3O5. The molecule has 8 nitrogen and oxygen atoms in total. The van der Waals surface area contributed by atoms with E-state index in [0.29, 0.717) is 37.4 Å². The van der Waals surface area contributed by atoms with Crippen LogP contribution in [0.2, 0.25) is 0 Å². The highest BCUT2D eigenvalue weighted by atomic mass is 16.7. The lowest BCUT2D eigenvalue weighted by molar-refractivity contribution is -0.122. The zero-order chi connectivity index (χ0) is 25.1. The number of carbonyl (C=O) groups is 2. The molecule has 1 saturated heterocycles. The molecule has 1 fully saturated rings. The van der Waals surface area contributed by atoms with Crippen LogP contribution in [0.4, 0.5) is 0 Å². The van der Waals surface area contributed by atoms with Crippen LogP contribution >= 0.6 is 0 Å². The first-order chi connectivity index (χ1) is 17.5. The Labute approximate surface area is 212 Å². The molecule has 1 N–H and O–H groups in total.